The molecule has 0 aliphatic heterocycles. The summed E-state index contributed by atoms with van der Waals surface area (Å²) in [6, 6.07) is 11.0. The fourth-order valence-corrected chi connectivity index (χ4v) is 20.0. The first-order valence-electron chi connectivity index (χ1n) is 45.2. The van der Waals surface area contributed by atoms with Crippen LogP contribution in [0.15, 0.2) is 24.3 Å². The largest absolute Gasteiger partial charge is 0.173 e. The highest BCUT2D eigenvalue weighted by molar-refractivity contribution is 7.00. The molecule has 2 aromatic heterocycles. The Bertz CT molecular complexity index is 2590. The van der Waals surface area contributed by atoms with E-state index in [1.54, 1.807) is 22.3 Å². The first kappa shape index (κ1) is 84.6. The molecule has 5 aromatic rings. The molecule has 0 saturated heterocycles. The van der Waals surface area contributed by atoms with Crippen molar-refractivity contribution >= 4 is 45.5 Å². The Hall–Kier alpha value is -2.70. The van der Waals surface area contributed by atoms with Gasteiger partial charge < -0.3 is 0 Å². The Labute approximate surface area is 627 Å². The van der Waals surface area contributed by atoms with Gasteiger partial charge in [0, 0.05) is 22.0 Å². The van der Waals surface area contributed by atoms with Gasteiger partial charge in [-0.15, -0.1) is 0 Å². The number of benzene rings is 3. The summed E-state index contributed by atoms with van der Waals surface area (Å²) in [6.07, 6.45) is 95.1. The summed E-state index contributed by atoms with van der Waals surface area (Å²) in [6.45, 7) is 14.0. The van der Waals surface area contributed by atoms with E-state index in [9.17, 15) is 0 Å². The molecule has 2 aliphatic carbocycles. The van der Waals surface area contributed by atoms with Gasteiger partial charge in [-0.2, -0.15) is 17.5 Å². The molecule has 2 aliphatic rings. The van der Waals surface area contributed by atoms with Crippen molar-refractivity contribution in [3.8, 4) is 22.3 Å². The molecule has 0 radical (unpaired) electrons. The van der Waals surface area contributed by atoms with Gasteiger partial charge in [0.2, 0.25) is 0 Å². The fourth-order valence-electron chi connectivity index (χ4n) is 18.8. The molecule has 0 unspecified atom stereocenters. The number of nitrogens with zero attached hydrogens (tertiary/aromatic N) is 4. The number of fused-ring (bicyclic) bond motifs is 10. The molecule has 0 amide bonds. The van der Waals surface area contributed by atoms with Crippen molar-refractivity contribution in [2.75, 3.05) is 0 Å². The molecule has 0 N–H and O–H groups in total. The standard InChI is InChI=1S/C94H158N4S2/c1-7-11-15-19-23-27-31-35-39-43-47-51-55-59-63-67-71-93(72-68-64-60-56-52-48-44-40-36-32-28-24-20-16-12-8-2)83-77-82-84(78-81(83)87-85(93)75-79(5)89-91(87)97-99-95-89)94(86-76-80(6)90-92(88(82)86)98-100-96-90,73-69-65-61-57-53-49-45-41-37-33-29-25-21-17-13-9-3)74-70-66-62-58-54-50-46-42-38-34-30-26-22-18-14-10-4/h75-78H,7-74H2,1-6H3. The summed E-state index contributed by atoms with van der Waals surface area (Å²) in [7, 11) is 0. The number of hydrogen-bond acceptors (Lipinski definition) is 6. The molecule has 0 saturated carbocycles. The molecule has 2 heterocycles. The Morgan fingerprint density at radius 3 is 0.570 bits per heavy atom. The predicted octanol–water partition coefficient (Wildman–Crippen LogP) is 33.5. The van der Waals surface area contributed by atoms with Crippen molar-refractivity contribution in [3.63, 3.8) is 0 Å². The van der Waals surface area contributed by atoms with E-state index in [-0.39, 0.29) is 10.8 Å². The van der Waals surface area contributed by atoms with E-state index in [0.29, 0.717) is 0 Å². The average molecular weight is 1410 g/mol. The minimum Gasteiger partial charge on any atom is -0.173 e. The van der Waals surface area contributed by atoms with Crippen molar-refractivity contribution < 1.29 is 0 Å². The van der Waals surface area contributed by atoms with Crippen LogP contribution in [-0.4, -0.2) is 17.5 Å². The van der Waals surface area contributed by atoms with Gasteiger partial charge in [0.05, 0.1) is 23.5 Å². The van der Waals surface area contributed by atoms with Gasteiger partial charge in [0.15, 0.2) is 0 Å². The van der Waals surface area contributed by atoms with E-state index in [1.165, 1.54) is 504 Å². The van der Waals surface area contributed by atoms with Gasteiger partial charge in [-0.25, -0.2) is 0 Å². The first-order valence-corrected chi connectivity index (χ1v) is 46.6. The smallest absolute Gasteiger partial charge is 0.113 e. The molecule has 4 nitrogen and oxygen atoms in total. The van der Waals surface area contributed by atoms with Crippen LogP contribution in [0.5, 0.6) is 0 Å². The van der Waals surface area contributed by atoms with E-state index in [2.05, 4.69) is 65.8 Å². The second-order valence-electron chi connectivity index (χ2n) is 33.5. The second kappa shape index (κ2) is 52.3. The highest BCUT2D eigenvalue weighted by Gasteiger charge is 2.49. The van der Waals surface area contributed by atoms with Gasteiger partial charge >= 0.3 is 0 Å². The SMILES string of the molecule is CCCCCCCCCCCCCCCCCCC1(CCCCCCCCCCCCCCCCCC)c2cc3c(cc2-c2c1cc(C)c1nsnc21)C(CCCCCCCCCCCCCCCCCC)(CCCCCCCCCCCCCCCCCC)c1cc(C)c2nsnc2c1-3. The van der Waals surface area contributed by atoms with Gasteiger partial charge in [0.1, 0.15) is 22.1 Å². The number of rotatable bonds is 68. The highest BCUT2D eigenvalue weighted by Crippen LogP contribution is 2.63. The van der Waals surface area contributed by atoms with Crippen LogP contribution in [0.4, 0.5) is 0 Å². The first-order chi connectivity index (χ1) is 49.5. The lowest BCUT2D eigenvalue weighted by Gasteiger charge is -2.35. The van der Waals surface area contributed by atoms with Crippen molar-refractivity contribution in [2.24, 2.45) is 0 Å². The molecular weight excluding hydrogens is 1250 g/mol. The quantitative estimate of drug-likeness (QED) is 0.0364. The van der Waals surface area contributed by atoms with E-state index in [1.807, 2.05) is 0 Å². The lowest BCUT2D eigenvalue weighted by molar-refractivity contribution is 0.393. The van der Waals surface area contributed by atoms with Gasteiger partial charge in [-0.1, -0.05) is 451 Å². The van der Waals surface area contributed by atoms with Crippen LogP contribution in [-0.2, 0) is 10.8 Å². The van der Waals surface area contributed by atoms with E-state index in [4.69, 9.17) is 17.5 Å². The third-order valence-corrected chi connectivity index (χ3v) is 26.1. The second-order valence-corrected chi connectivity index (χ2v) is 34.5. The maximum Gasteiger partial charge on any atom is 0.113 e. The molecule has 0 bridgehead atoms. The van der Waals surface area contributed by atoms with Crippen LogP contribution in [0.25, 0.3) is 44.3 Å². The molecular formula is C94H158N4S2. The third kappa shape index (κ3) is 28.2. The molecule has 7 rings (SSSR count). The summed E-state index contributed by atoms with van der Waals surface area (Å²) < 4.78 is 20.9. The van der Waals surface area contributed by atoms with Crippen LogP contribution < -0.4 is 0 Å². The lowest BCUT2D eigenvalue weighted by atomic mass is 9.68. The molecule has 6 heteroatoms. The maximum absolute atomic E-state index is 5.35. The zero-order valence-corrected chi connectivity index (χ0v) is 68.6. The van der Waals surface area contributed by atoms with E-state index >= 15 is 0 Å². The minimum absolute atomic E-state index is 0.0500. The molecule has 0 spiro atoms. The van der Waals surface area contributed by atoms with Gasteiger partial charge in [0.25, 0.3) is 0 Å². The van der Waals surface area contributed by atoms with Crippen molar-refractivity contribution in [2.45, 2.75) is 489 Å². The summed E-state index contributed by atoms with van der Waals surface area (Å²) in [5, 5.41) is 0. The fraction of sp³-hybridized carbons (Fsp3) is 0.809. The Morgan fingerprint density at radius 2 is 0.380 bits per heavy atom. The summed E-state index contributed by atoms with van der Waals surface area (Å²) >= 11 is 2.90. The predicted molar refractivity (Wildman–Crippen MR) is 447 cm³/mol. The number of hydrogen-bond donors (Lipinski definition) is 0. The van der Waals surface area contributed by atoms with Crippen LogP contribution in [0.2, 0.25) is 0 Å². The normalized spacial score (nSPS) is 13.6. The van der Waals surface area contributed by atoms with E-state index in [0.717, 1.165) is 11.0 Å². The Kier molecular flexibility index (Phi) is 44.2. The zero-order valence-electron chi connectivity index (χ0n) is 67.0. The van der Waals surface area contributed by atoms with Crippen LogP contribution in [0.3, 0.4) is 0 Å². The topological polar surface area (TPSA) is 51.6 Å². The molecule has 0 atom stereocenters. The van der Waals surface area contributed by atoms with Gasteiger partial charge in [-0.05, 0) is 96.2 Å². The van der Waals surface area contributed by atoms with Crippen LogP contribution in [0, 0.1) is 13.8 Å². The zero-order chi connectivity index (χ0) is 70.2. The molecule has 3 aromatic carbocycles. The Morgan fingerprint density at radius 1 is 0.210 bits per heavy atom. The monoisotopic (exact) mass is 1410 g/mol. The highest BCUT2D eigenvalue weighted by atomic mass is 32.1. The third-order valence-electron chi connectivity index (χ3n) is 25.0. The number of aromatic nitrogens is 4. The molecule has 566 valence electrons. The van der Waals surface area contributed by atoms with Crippen molar-refractivity contribution in [1.29, 1.82) is 0 Å². The van der Waals surface area contributed by atoms with Gasteiger partial charge in [-0.3, -0.25) is 0 Å². The Balaban J connectivity index is 1.10. The number of aryl methyl sites for hydroxylation is 2. The molecule has 100 heavy (non-hydrogen) atoms. The number of unbranched alkanes of at least 4 members (excludes halogenated alkanes) is 60. The minimum atomic E-state index is -0.0500. The average Bonchev–Trinajstić information content (AvgIpc) is 1.52. The van der Waals surface area contributed by atoms with E-state index < -0.39 is 0 Å². The van der Waals surface area contributed by atoms with Crippen molar-refractivity contribution in [3.05, 3.63) is 57.6 Å². The summed E-state index contributed by atoms with van der Waals surface area (Å²) in [5.41, 5.74) is 19.5. The lowest BCUT2D eigenvalue weighted by Crippen LogP contribution is -2.27. The van der Waals surface area contributed by atoms with Crippen molar-refractivity contribution in [1.82, 2.24) is 17.5 Å². The summed E-state index contributed by atoms with van der Waals surface area (Å²) in [4.78, 5) is 0. The summed E-state index contributed by atoms with van der Waals surface area (Å²) in [5.74, 6) is 0. The molecule has 0 fully saturated rings. The maximum atomic E-state index is 5.35. The van der Waals surface area contributed by atoms with Crippen LogP contribution >= 0.6 is 23.5 Å². The van der Waals surface area contributed by atoms with Crippen LogP contribution in [0.1, 0.15) is 498 Å².